The first-order valence-corrected chi connectivity index (χ1v) is 8.57. The van der Waals surface area contributed by atoms with E-state index in [1.807, 2.05) is 12.1 Å². The lowest BCUT2D eigenvalue weighted by Gasteiger charge is -2.36. The zero-order chi connectivity index (χ0) is 20.0. The fourth-order valence-corrected chi connectivity index (χ4v) is 3.88. The molecule has 0 saturated heterocycles. The Morgan fingerprint density at radius 3 is 1.97 bits per heavy atom. The summed E-state index contributed by atoms with van der Waals surface area (Å²) in [6, 6.07) is 17.0. The molecular weight excluding hydrogens is 372 g/mol. The first-order chi connectivity index (χ1) is 14.2. The summed E-state index contributed by atoms with van der Waals surface area (Å²) in [5, 5.41) is 7.24. The van der Waals surface area contributed by atoms with Gasteiger partial charge in [0.2, 0.25) is 0 Å². The molecule has 2 heterocycles. The summed E-state index contributed by atoms with van der Waals surface area (Å²) in [4.78, 5) is 18.3. The molecule has 0 atom stereocenters. The van der Waals surface area contributed by atoms with Crippen LogP contribution in [-0.4, -0.2) is 5.97 Å². The van der Waals surface area contributed by atoms with E-state index in [4.69, 9.17) is 20.5 Å². The fourth-order valence-electron chi connectivity index (χ4n) is 3.88. The van der Waals surface area contributed by atoms with Crippen molar-refractivity contribution in [3.8, 4) is 11.5 Å². The molecule has 5 rings (SSSR count). The molecule has 0 aliphatic carbocycles. The van der Waals surface area contributed by atoms with Gasteiger partial charge in [0.15, 0.2) is 5.60 Å². The lowest BCUT2D eigenvalue weighted by molar-refractivity contribution is 0.0224. The Labute approximate surface area is 163 Å². The number of nitrogens with zero attached hydrogens (tertiary/aromatic N) is 6. The zero-order valence-corrected chi connectivity index (χ0v) is 14.7. The third-order valence-corrected chi connectivity index (χ3v) is 5.00. The summed E-state index contributed by atoms with van der Waals surface area (Å²) < 4.78 is 12.0. The number of hydrogen-bond acceptors (Lipinski definition) is 5. The highest BCUT2D eigenvalue weighted by Gasteiger charge is 2.53. The fraction of sp³-hybridized carbons (Fsp3) is 0.0500. The summed E-state index contributed by atoms with van der Waals surface area (Å²) in [5.41, 5.74) is 19.3. The Balaban J connectivity index is 1.85. The van der Waals surface area contributed by atoms with E-state index in [0.717, 1.165) is 0 Å². The van der Waals surface area contributed by atoms with Crippen LogP contribution >= 0.6 is 0 Å². The Morgan fingerprint density at radius 1 is 0.793 bits per heavy atom. The maximum absolute atomic E-state index is 12.7. The van der Waals surface area contributed by atoms with Crippen LogP contribution in [0.3, 0.4) is 0 Å². The molecule has 1 spiro atoms. The number of hydrogen-bond donors (Lipinski definition) is 0. The minimum Gasteiger partial charge on any atom is -0.456 e. The molecule has 0 saturated carbocycles. The molecule has 0 aromatic heterocycles. The summed E-state index contributed by atoms with van der Waals surface area (Å²) >= 11 is 0. The highest BCUT2D eigenvalue weighted by Crippen LogP contribution is 2.56. The molecule has 0 unspecified atom stereocenters. The predicted octanol–water partition coefficient (Wildman–Crippen LogP) is 6.14. The van der Waals surface area contributed by atoms with Crippen molar-refractivity contribution in [2.24, 2.45) is 10.2 Å². The molecule has 0 radical (unpaired) electrons. The molecule has 9 nitrogen and oxygen atoms in total. The number of carbonyl (C=O) groups excluding carboxylic acids is 1. The molecule has 138 valence electrons. The van der Waals surface area contributed by atoms with Crippen molar-refractivity contribution in [3.05, 3.63) is 104 Å². The van der Waals surface area contributed by atoms with E-state index < -0.39 is 11.6 Å². The topological polar surface area (TPSA) is 133 Å². The van der Waals surface area contributed by atoms with Gasteiger partial charge in [-0.15, -0.1) is 0 Å². The van der Waals surface area contributed by atoms with Gasteiger partial charge in [0.25, 0.3) is 0 Å². The van der Waals surface area contributed by atoms with Gasteiger partial charge in [-0.25, -0.2) is 4.79 Å². The third kappa shape index (κ3) is 2.26. The molecule has 0 amide bonds. The number of benzene rings is 3. The van der Waals surface area contributed by atoms with Crippen molar-refractivity contribution >= 4 is 17.3 Å². The maximum Gasteiger partial charge on any atom is 0.340 e. The van der Waals surface area contributed by atoms with Crippen LogP contribution in [0.2, 0.25) is 0 Å². The second kappa shape index (κ2) is 6.03. The minimum atomic E-state index is -1.22. The monoisotopic (exact) mass is 382 g/mol. The Kier molecular flexibility index (Phi) is 3.48. The van der Waals surface area contributed by atoms with Gasteiger partial charge in [-0.1, -0.05) is 52.7 Å². The van der Waals surface area contributed by atoms with Crippen LogP contribution in [0.4, 0.5) is 11.4 Å². The van der Waals surface area contributed by atoms with Crippen LogP contribution in [0.25, 0.3) is 20.9 Å². The van der Waals surface area contributed by atoms with E-state index in [1.165, 1.54) is 0 Å². The molecule has 9 heteroatoms. The average Bonchev–Trinajstić information content (AvgIpc) is 3.02. The van der Waals surface area contributed by atoms with Gasteiger partial charge in [-0.3, -0.25) is 0 Å². The third-order valence-electron chi connectivity index (χ3n) is 5.00. The highest BCUT2D eigenvalue weighted by atomic mass is 16.6. The van der Waals surface area contributed by atoms with Crippen LogP contribution in [0.15, 0.2) is 70.9 Å². The van der Waals surface area contributed by atoms with Gasteiger partial charge in [-0.2, -0.15) is 0 Å². The molecule has 3 aromatic rings. The second-order valence-electron chi connectivity index (χ2n) is 6.46. The normalized spacial score (nSPS) is 17.7. The van der Waals surface area contributed by atoms with E-state index in [-0.39, 0.29) is 0 Å². The molecule has 0 fully saturated rings. The first-order valence-electron chi connectivity index (χ1n) is 8.57. The van der Waals surface area contributed by atoms with Crippen molar-refractivity contribution in [1.82, 2.24) is 0 Å². The van der Waals surface area contributed by atoms with Crippen LogP contribution in [0.5, 0.6) is 11.5 Å². The molecular formula is C20H10N6O3. The first kappa shape index (κ1) is 16.7. The largest absolute Gasteiger partial charge is 0.456 e. The second-order valence-corrected chi connectivity index (χ2v) is 6.46. The quantitative estimate of drug-likeness (QED) is 0.228. The summed E-state index contributed by atoms with van der Waals surface area (Å²) in [6.07, 6.45) is 0. The lowest BCUT2D eigenvalue weighted by Crippen LogP contribution is -2.32. The lowest BCUT2D eigenvalue weighted by atomic mass is 9.77. The Bertz CT molecular complexity index is 1240. The number of fused-ring (bicyclic) bond motifs is 6. The van der Waals surface area contributed by atoms with E-state index in [1.54, 1.807) is 48.5 Å². The summed E-state index contributed by atoms with van der Waals surface area (Å²) in [5.74, 6) is 0.313. The molecule has 29 heavy (non-hydrogen) atoms. The van der Waals surface area contributed by atoms with E-state index >= 15 is 0 Å². The maximum atomic E-state index is 12.7. The van der Waals surface area contributed by atoms with Crippen LogP contribution in [-0.2, 0) is 10.3 Å². The zero-order valence-electron chi connectivity index (χ0n) is 14.7. The molecule has 2 aliphatic rings. The summed E-state index contributed by atoms with van der Waals surface area (Å²) in [7, 11) is 0. The average molecular weight is 382 g/mol. The smallest absolute Gasteiger partial charge is 0.340 e. The van der Waals surface area contributed by atoms with Crippen molar-refractivity contribution in [2.45, 2.75) is 5.60 Å². The Morgan fingerprint density at radius 2 is 1.38 bits per heavy atom. The van der Waals surface area contributed by atoms with Gasteiger partial charge in [0.05, 0.1) is 5.56 Å². The molecule has 2 aliphatic heterocycles. The van der Waals surface area contributed by atoms with Crippen molar-refractivity contribution in [2.75, 3.05) is 0 Å². The van der Waals surface area contributed by atoms with Gasteiger partial charge in [-0.05, 0) is 29.3 Å². The highest BCUT2D eigenvalue weighted by molar-refractivity contribution is 5.97. The van der Waals surface area contributed by atoms with Gasteiger partial charge in [0, 0.05) is 37.9 Å². The standard InChI is InChI=1S/C20H10N6O3/c21-25-23-11-5-7-15-17(9-11)28-18-10-12(24-26-22)6-8-16(18)20(15)14-4-2-1-3-13(14)19(27)29-20/h1-10H. The number of carbonyl (C=O) groups is 1. The number of azide groups is 2. The van der Waals surface area contributed by atoms with Crippen LogP contribution in [0.1, 0.15) is 27.0 Å². The van der Waals surface area contributed by atoms with Gasteiger partial charge in [0.1, 0.15) is 11.5 Å². The molecule has 0 bridgehead atoms. The molecule has 0 N–H and O–H groups in total. The van der Waals surface area contributed by atoms with E-state index in [2.05, 4.69) is 20.1 Å². The SMILES string of the molecule is [N-]=[N+]=Nc1ccc2c(c1)Oc1cc(N=[N+]=[N-])ccc1C21OC(=O)c2ccccc21. The predicted molar refractivity (Wildman–Crippen MR) is 102 cm³/mol. The van der Waals surface area contributed by atoms with Gasteiger partial charge >= 0.3 is 5.97 Å². The van der Waals surface area contributed by atoms with E-state index in [9.17, 15) is 4.79 Å². The Hall–Kier alpha value is -4.45. The van der Waals surface area contributed by atoms with Crippen LogP contribution in [0, 0.1) is 0 Å². The molecule has 3 aromatic carbocycles. The van der Waals surface area contributed by atoms with Gasteiger partial charge < -0.3 is 9.47 Å². The minimum absolute atomic E-state index is 0.355. The van der Waals surface area contributed by atoms with Crippen LogP contribution < -0.4 is 4.74 Å². The van der Waals surface area contributed by atoms with Crippen molar-refractivity contribution < 1.29 is 14.3 Å². The van der Waals surface area contributed by atoms with E-state index in [0.29, 0.717) is 45.1 Å². The summed E-state index contributed by atoms with van der Waals surface area (Å²) in [6.45, 7) is 0. The number of esters is 1. The van der Waals surface area contributed by atoms with Crippen molar-refractivity contribution in [1.29, 1.82) is 0 Å². The van der Waals surface area contributed by atoms with Crippen molar-refractivity contribution in [3.63, 3.8) is 0 Å². The number of rotatable bonds is 2. The number of ether oxygens (including phenoxy) is 2.